The Morgan fingerprint density at radius 3 is 2.08 bits per heavy atom. The van der Waals surface area contributed by atoms with Crippen molar-refractivity contribution in [2.24, 2.45) is 0 Å². The Hall–Kier alpha value is 0.0169. The van der Waals surface area contributed by atoms with E-state index in [9.17, 15) is 0 Å². The van der Waals surface area contributed by atoms with E-state index in [1.807, 2.05) is 24.7 Å². The Balaban J connectivity index is 3.20. The second-order valence-electron chi connectivity index (χ2n) is 3.63. The van der Waals surface area contributed by atoms with Gasteiger partial charge in [-0.3, -0.25) is 0 Å². The predicted octanol–water partition coefficient (Wildman–Crippen LogP) is 3.57. The number of halogens is 2. The van der Waals surface area contributed by atoms with Crippen LogP contribution in [-0.2, 0) is 0 Å². The molecule has 0 nitrogen and oxygen atoms in total. The van der Waals surface area contributed by atoms with Gasteiger partial charge in [0.15, 0.2) is 0 Å². The first kappa shape index (κ1) is 11.1. The molecule has 0 radical (unpaired) electrons. The lowest BCUT2D eigenvalue weighted by atomic mass is 10.0. The van der Waals surface area contributed by atoms with Gasteiger partial charge in [0.1, 0.15) is 0 Å². The van der Waals surface area contributed by atoms with Crippen molar-refractivity contribution in [3.63, 3.8) is 0 Å². The lowest BCUT2D eigenvalue weighted by Crippen LogP contribution is -2.35. The maximum absolute atomic E-state index is 6.21. The Morgan fingerprint density at radius 1 is 1.15 bits per heavy atom. The topological polar surface area (TPSA) is 0 Å². The van der Waals surface area contributed by atoms with Gasteiger partial charge in [0.25, 0.3) is 6.69 Å². The van der Waals surface area contributed by atoms with Crippen molar-refractivity contribution in [3.05, 3.63) is 29.8 Å². The van der Waals surface area contributed by atoms with Crippen molar-refractivity contribution in [1.82, 2.24) is 0 Å². The molecule has 0 aliphatic carbocycles. The molecular weight excluding hydrogens is 219 g/mol. The Morgan fingerprint density at radius 2 is 1.69 bits per heavy atom. The summed E-state index contributed by atoms with van der Waals surface area (Å²) >= 11 is 12.4. The van der Waals surface area contributed by atoms with Crippen LogP contribution in [0.25, 0.3) is 0 Å². The highest BCUT2D eigenvalue weighted by Crippen LogP contribution is 2.20. The van der Waals surface area contributed by atoms with Gasteiger partial charge in [-0.05, 0) is 23.2 Å². The number of benzene rings is 1. The van der Waals surface area contributed by atoms with Crippen LogP contribution in [0.5, 0.6) is 0 Å². The van der Waals surface area contributed by atoms with Crippen molar-refractivity contribution in [3.8, 4) is 0 Å². The average Bonchev–Trinajstić information content (AvgIpc) is 2.03. The first-order valence-electron chi connectivity index (χ1n) is 4.40. The van der Waals surface area contributed by atoms with E-state index >= 15 is 0 Å². The molecule has 1 aromatic rings. The van der Waals surface area contributed by atoms with Gasteiger partial charge in [-0.25, -0.2) is 0 Å². The molecule has 0 atom stereocenters. The van der Waals surface area contributed by atoms with E-state index < -0.39 is 6.69 Å². The summed E-state index contributed by atoms with van der Waals surface area (Å²) in [5.41, 5.74) is 1.28. The fourth-order valence-corrected chi connectivity index (χ4v) is 3.70. The van der Waals surface area contributed by atoms with E-state index in [1.165, 1.54) is 5.56 Å². The zero-order valence-corrected chi connectivity index (χ0v) is 10.7. The van der Waals surface area contributed by atoms with Gasteiger partial charge in [0.2, 0.25) is 0 Å². The van der Waals surface area contributed by atoms with E-state index in [0.29, 0.717) is 5.92 Å². The summed E-state index contributed by atoms with van der Waals surface area (Å²) in [7, 11) is 0. The summed E-state index contributed by atoms with van der Waals surface area (Å²) in [5.74, 6) is 0.487. The Bertz CT molecular complexity index is 289. The molecule has 0 aliphatic rings. The van der Waals surface area contributed by atoms with E-state index in [4.69, 9.17) is 22.2 Å². The lowest BCUT2D eigenvalue weighted by molar-refractivity contribution is 0.873. The van der Waals surface area contributed by atoms with Crippen LogP contribution in [0.4, 0.5) is 0 Å². The molecule has 0 fully saturated rings. The van der Waals surface area contributed by atoms with Gasteiger partial charge >= 0.3 is 0 Å². The first-order chi connectivity index (χ1) is 5.93. The van der Waals surface area contributed by atoms with Gasteiger partial charge < -0.3 is 0 Å². The van der Waals surface area contributed by atoms with Gasteiger partial charge in [0.05, 0.1) is 0 Å². The molecule has 1 aromatic carbocycles. The van der Waals surface area contributed by atoms with Crippen molar-refractivity contribution in [2.75, 3.05) is 0 Å². The van der Waals surface area contributed by atoms with Gasteiger partial charge in [0, 0.05) is 0 Å². The van der Waals surface area contributed by atoms with E-state index in [1.54, 1.807) is 0 Å². The summed E-state index contributed by atoms with van der Waals surface area (Å²) < 4.78 is 0. The summed E-state index contributed by atoms with van der Waals surface area (Å²) in [6, 6.07) is 8.18. The average molecular weight is 233 g/mol. The fraction of sp³-hybridized carbons (Fsp3) is 0.400. The van der Waals surface area contributed by atoms with Crippen molar-refractivity contribution < 1.29 is 0 Å². The minimum absolute atomic E-state index is 0.487. The molecule has 72 valence electrons. The highest BCUT2D eigenvalue weighted by Gasteiger charge is 2.27. The maximum Gasteiger partial charge on any atom is 0.278 e. The van der Waals surface area contributed by atoms with Crippen LogP contribution in [0.15, 0.2) is 24.3 Å². The predicted molar refractivity (Wildman–Crippen MR) is 63.5 cm³/mol. The van der Waals surface area contributed by atoms with Crippen LogP contribution in [0.1, 0.15) is 25.3 Å². The molecule has 0 aromatic heterocycles. The highest BCUT2D eigenvalue weighted by atomic mass is 35.7. The lowest BCUT2D eigenvalue weighted by Gasteiger charge is -2.18. The third-order valence-electron chi connectivity index (χ3n) is 2.06. The third kappa shape index (κ3) is 2.73. The molecule has 0 heterocycles. The van der Waals surface area contributed by atoms with Crippen LogP contribution >= 0.6 is 22.2 Å². The molecule has 0 aliphatic heterocycles. The summed E-state index contributed by atoms with van der Waals surface area (Å²) in [6.45, 7) is 4.06. The monoisotopic (exact) mass is 232 g/mol. The van der Waals surface area contributed by atoms with Crippen LogP contribution < -0.4 is 5.19 Å². The molecular formula is C10H14Cl2Si. The molecule has 0 saturated carbocycles. The van der Waals surface area contributed by atoms with Crippen LogP contribution in [0.3, 0.4) is 0 Å². The second-order valence-corrected chi connectivity index (χ2v) is 11.1. The van der Waals surface area contributed by atoms with Crippen LogP contribution in [0, 0.1) is 0 Å². The zero-order valence-electron chi connectivity index (χ0n) is 8.14. The number of hydrogen-bond donors (Lipinski definition) is 0. The van der Waals surface area contributed by atoms with E-state index in [-0.39, 0.29) is 0 Å². The first-order valence-corrected chi connectivity index (χ1v) is 8.92. The minimum Gasteiger partial charge on any atom is -0.140 e. The Labute approximate surface area is 90.3 Å². The SMILES string of the molecule is CC(C)c1ccccc1[Si](C)(Cl)Cl. The largest absolute Gasteiger partial charge is 0.278 e. The molecule has 0 N–H and O–H groups in total. The third-order valence-corrected chi connectivity index (χ3v) is 4.68. The molecule has 13 heavy (non-hydrogen) atoms. The molecule has 0 bridgehead atoms. The number of hydrogen-bond acceptors (Lipinski definition) is 0. The molecule has 0 amide bonds. The summed E-state index contributed by atoms with van der Waals surface area (Å²) in [4.78, 5) is 0. The van der Waals surface area contributed by atoms with Gasteiger partial charge in [-0.1, -0.05) is 38.1 Å². The molecule has 3 heteroatoms. The van der Waals surface area contributed by atoms with Crippen molar-refractivity contribution >= 4 is 34.0 Å². The summed E-state index contributed by atoms with van der Waals surface area (Å²) in [6.07, 6.45) is 0. The van der Waals surface area contributed by atoms with Gasteiger partial charge in [-0.15, -0.1) is 22.2 Å². The van der Waals surface area contributed by atoms with E-state index in [2.05, 4.69) is 19.9 Å². The maximum atomic E-state index is 6.21. The van der Waals surface area contributed by atoms with Gasteiger partial charge in [-0.2, -0.15) is 0 Å². The quantitative estimate of drug-likeness (QED) is 0.541. The standard InChI is InChI=1S/C10H14Cl2Si/c1-8(2)9-6-4-5-7-10(9)13(3,11)12/h4-8H,1-3H3. The summed E-state index contributed by atoms with van der Waals surface area (Å²) in [5, 5.41) is 1.15. The molecule has 1 rings (SSSR count). The van der Waals surface area contributed by atoms with Crippen molar-refractivity contribution in [1.29, 1.82) is 0 Å². The fourth-order valence-electron chi connectivity index (χ4n) is 1.40. The van der Waals surface area contributed by atoms with Crippen LogP contribution in [-0.4, -0.2) is 6.69 Å². The molecule has 0 spiro atoms. The van der Waals surface area contributed by atoms with Crippen LogP contribution in [0.2, 0.25) is 6.55 Å². The van der Waals surface area contributed by atoms with E-state index in [0.717, 1.165) is 5.19 Å². The molecule has 0 saturated heterocycles. The minimum atomic E-state index is -2.20. The number of rotatable bonds is 2. The molecule has 0 unspecified atom stereocenters. The highest BCUT2D eigenvalue weighted by molar-refractivity contribution is 7.50. The zero-order chi connectivity index (χ0) is 10.1. The Kier molecular flexibility index (Phi) is 3.44. The van der Waals surface area contributed by atoms with Crippen molar-refractivity contribution in [2.45, 2.75) is 26.3 Å². The smallest absolute Gasteiger partial charge is 0.140 e. The normalized spacial score (nSPS) is 12.2. The second kappa shape index (κ2) is 4.03.